The number of pyridine rings is 2. The van der Waals surface area contributed by atoms with Crippen molar-refractivity contribution in [3.05, 3.63) is 81.1 Å². The molecule has 5 rings (SSSR count). The minimum Gasteiger partial charge on any atom is -0.474 e. The topological polar surface area (TPSA) is 127 Å². The number of imidazole rings is 1. The van der Waals surface area contributed by atoms with E-state index in [2.05, 4.69) is 15.3 Å². The van der Waals surface area contributed by atoms with Crippen LogP contribution in [0.2, 0.25) is 5.02 Å². The Morgan fingerprint density at radius 2 is 1.69 bits per heavy atom. The first kappa shape index (κ1) is 35.7. The zero-order valence-electron chi connectivity index (χ0n) is 27.5. The Balaban J connectivity index is 1.24. The van der Waals surface area contributed by atoms with Gasteiger partial charge in [0.2, 0.25) is 5.88 Å². The number of aryl methyl sites for hydroxylation is 1. The van der Waals surface area contributed by atoms with Gasteiger partial charge in [-0.2, -0.15) is 13.2 Å². The van der Waals surface area contributed by atoms with E-state index in [1.807, 2.05) is 31.2 Å². The van der Waals surface area contributed by atoms with Crippen molar-refractivity contribution < 1.29 is 37.0 Å². The van der Waals surface area contributed by atoms with Crippen molar-refractivity contribution in [2.24, 2.45) is 5.92 Å². The van der Waals surface area contributed by atoms with Gasteiger partial charge in [-0.25, -0.2) is 19.6 Å². The number of fused-ring (bicyclic) bond motifs is 1. The number of ether oxygens (including phenoxy) is 3. The van der Waals surface area contributed by atoms with Gasteiger partial charge in [0, 0.05) is 24.8 Å². The standard InChI is InChI=1S/C34H37ClF3N5O6/c1-20-15-28(47-13-14-48-32(46)49-33(2,3)4)39-18-27(20)43-26-8-6-5-7-25(26)42(31(43)45)19-21-9-11-23(12-10-21)41-30(44)24-16-22(35)17-40-29(24)34(36,37)38/h5-8,15-18,21,23H,9-14,19H2,1-4H3,(H,41,44). The highest BCUT2D eigenvalue weighted by Gasteiger charge is 2.38. The predicted molar refractivity (Wildman–Crippen MR) is 175 cm³/mol. The lowest BCUT2D eigenvalue weighted by molar-refractivity contribution is -0.141. The van der Waals surface area contributed by atoms with Crippen molar-refractivity contribution >= 4 is 34.7 Å². The number of alkyl halides is 3. The molecular formula is C34H37ClF3N5O6. The fourth-order valence-electron chi connectivity index (χ4n) is 5.85. The quantitative estimate of drug-likeness (QED) is 0.148. The third-order valence-corrected chi connectivity index (χ3v) is 8.27. The number of hydrogen-bond donors (Lipinski definition) is 1. The van der Waals surface area contributed by atoms with E-state index in [0.29, 0.717) is 49.3 Å². The highest BCUT2D eigenvalue weighted by molar-refractivity contribution is 6.30. The van der Waals surface area contributed by atoms with Crippen LogP contribution in [-0.4, -0.2) is 56.0 Å². The van der Waals surface area contributed by atoms with Gasteiger partial charge >= 0.3 is 18.0 Å². The van der Waals surface area contributed by atoms with Crippen molar-refractivity contribution in [3.8, 4) is 11.6 Å². The third-order valence-electron chi connectivity index (χ3n) is 8.07. The minimum atomic E-state index is -4.80. The Morgan fingerprint density at radius 1 is 1.00 bits per heavy atom. The Kier molecular flexibility index (Phi) is 10.6. The molecule has 0 bridgehead atoms. The van der Waals surface area contributed by atoms with Crippen LogP contribution in [0.3, 0.4) is 0 Å². The molecule has 3 heterocycles. The summed E-state index contributed by atoms with van der Waals surface area (Å²) in [4.78, 5) is 46.2. The average molecular weight is 704 g/mol. The highest BCUT2D eigenvalue weighted by Crippen LogP contribution is 2.32. The molecule has 4 aromatic rings. The highest BCUT2D eigenvalue weighted by atomic mass is 35.5. The smallest absolute Gasteiger partial charge is 0.474 e. The molecule has 1 saturated carbocycles. The Hall–Kier alpha value is -4.59. The number of amides is 1. The lowest BCUT2D eigenvalue weighted by Gasteiger charge is -2.29. The summed E-state index contributed by atoms with van der Waals surface area (Å²) in [6.07, 6.45) is -0.792. The summed E-state index contributed by atoms with van der Waals surface area (Å²) in [7, 11) is 0. The Bertz CT molecular complexity index is 1890. The number of rotatable bonds is 9. The molecule has 3 aromatic heterocycles. The van der Waals surface area contributed by atoms with E-state index in [1.165, 1.54) is 0 Å². The average Bonchev–Trinajstić information content (AvgIpc) is 3.29. The molecule has 0 saturated heterocycles. The van der Waals surface area contributed by atoms with E-state index >= 15 is 0 Å². The van der Waals surface area contributed by atoms with Crippen molar-refractivity contribution in [1.82, 2.24) is 24.4 Å². The zero-order valence-corrected chi connectivity index (χ0v) is 28.2. The molecule has 1 fully saturated rings. The van der Waals surface area contributed by atoms with Gasteiger partial charge in [0.1, 0.15) is 18.8 Å². The van der Waals surface area contributed by atoms with E-state index in [0.717, 1.165) is 23.3 Å². The lowest BCUT2D eigenvalue weighted by atomic mass is 9.85. The van der Waals surface area contributed by atoms with E-state index in [-0.39, 0.29) is 35.9 Å². The van der Waals surface area contributed by atoms with Crippen LogP contribution in [0.1, 0.15) is 68.1 Å². The number of halogens is 4. The predicted octanol–water partition coefficient (Wildman–Crippen LogP) is 6.88. The first-order valence-electron chi connectivity index (χ1n) is 15.8. The van der Waals surface area contributed by atoms with Crippen LogP contribution in [0.25, 0.3) is 16.7 Å². The van der Waals surface area contributed by atoms with Gasteiger partial charge < -0.3 is 19.5 Å². The second-order valence-corrected chi connectivity index (χ2v) is 13.4. The van der Waals surface area contributed by atoms with Crippen molar-refractivity contribution in [2.45, 2.75) is 77.7 Å². The molecule has 0 aliphatic heterocycles. The maximum atomic E-state index is 13.9. The largest absolute Gasteiger partial charge is 0.508 e. The van der Waals surface area contributed by atoms with Gasteiger partial charge in [-0.15, -0.1) is 0 Å². The molecular weight excluding hydrogens is 667 g/mol. The number of para-hydroxylation sites is 2. The van der Waals surface area contributed by atoms with Gasteiger partial charge in [-0.05, 0) is 83.1 Å². The summed E-state index contributed by atoms with van der Waals surface area (Å²) in [6.45, 7) is 7.51. The molecule has 15 heteroatoms. The second kappa shape index (κ2) is 14.5. The number of carbonyl (C=O) groups excluding carboxylic acids is 2. The Labute approximate surface area is 285 Å². The van der Waals surface area contributed by atoms with Gasteiger partial charge in [0.25, 0.3) is 5.91 Å². The summed E-state index contributed by atoms with van der Waals surface area (Å²) in [6, 6.07) is 9.78. The summed E-state index contributed by atoms with van der Waals surface area (Å²) in [5.41, 5.74) is -0.0358. The molecule has 0 unspecified atom stereocenters. The fraction of sp³-hybridized carbons (Fsp3) is 0.441. The zero-order chi connectivity index (χ0) is 35.5. The molecule has 1 N–H and O–H groups in total. The monoisotopic (exact) mass is 703 g/mol. The van der Waals surface area contributed by atoms with Gasteiger partial charge in [0.15, 0.2) is 5.69 Å². The maximum Gasteiger partial charge on any atom is 0.508 e. The third kappa shape index (κ3) is 8.72. The van der Waals surface area contributed by atoms with Crippen LogP contribution in [0.15, 0.2) is 53.6 Å². The van der Waals surface area contributed by atoms with Crippen LogP contribution in [0.5, 0.6) is 5.88 Å². The van der Waals surface area contributed by atoms with Crippen LogP contribution < -0.4 is 15.7 Å². The first-order valence-corrected chi connectivity index (χ1v) is 16.2. The fourth-order valence-corrected chi connectivity index (χ4v) is 6.01. The summed E-state index contributed by atoms with van der Waals surface area (Å²) in [5.74, 6) is -0.475. The van der Waals surface area contributed by atoms with Crippen molar-refractivity contribution in [1.29, 1.82) is 0 Å². The number of hydrogen-bond acceptors (Lipinski definition) is 8. The van der Waals surface area contributed by atoms with E-state index in [9.17, 15) is 27.6 Å². The Morgan fingerprint density at radius 3 is 2.35 bits per heavy atom. The van der Waals surface area contributed by atoms with Crippen molar-refractivity contribution in [2.75, 3.05) is 13.2 Å². The molecule has 11 nitrogen and oxygen atoms in total. The van der Waals surface area contributed by atoms with E-state index in [4.69, 9.17) is 25.8 Å². The molecule has 1 amide bonds. The minimum absolute atomic E-state index is 0.0308. The molecule has 49 heavy (non-hydrogen) atoms. The summed E-state index contributed by atoms with van der Waals surface area (Å²) >= 11 is 5.84. The summed E-state index contributed by atoms with van der Waals surface area (Å²) in [5, 5.41) is 2.64. The number of nitrogens with one attached hydrogen (secondary N) is 1. The summed E-state index contributed by atoms with van der Waals surface area (Å²) < 4.78 is 59.4. The molecule has 0 radical (unpaired) electrons. The lowest BCUT2D eigenvalue weighted by Crippen LogP contribution is -2.39. The second-order valence-electron chi connectivity index (χ2n) is 12.9. The normalized spacial score (nSPS) is 16.7. The van der Waals surface area contributed by atoms with E-state index in [1.54, 1.807) is 42.2 Å². The molecule has 0 spiro atoms. The van der Waals surface area contributed by atoms with E-state index < -0.39 is 35.1 Å². The molecule has 1 aromatic carbocycles. The molecule has 1 aliphatic carbocycles. The SMILES string of the molecule is Cc1cc(OCCOC(=O)OC(C)(C)C)ncc1-n1c(=O)n(CC2CCC(NC(=O)c3cc(Cl)cnc3C(F)(F)F)CC2)c2ccccc21. The molecule has 1 aliphatic rings. The van der Waals surface area contributed by atoms with Crippen molar-refractivity contribution in [3.63, 3.8) is 0 Å². The maximum absolute atomic E-state index is 13.9. The number of nitrogens with zero attached hydrogens (tertiary/aromatic N) is 4. The number of carbonyl (C=O) groups is 2. The van der Waals surface area contributed by atoms with Crippen LogP contribution in [0, 0.1) is 12.8 Å². The molecule has 0 atom stereocenters. The number of benzene rings is 1. The van der Waals surface area contributed by atoms with Gasteiger partial charge in [0.05, 0.1) is 33.5 Å². The van der Waals surface area contributed by atoms with Gasteiger partial charge in [-0.3, -0.25) is 13.9 Å². The number of aromatic nitrogens is 4. The first-order chi connectivity index (χ1) is 23.1. The van der Waals surface area contributed by atoms with Gasteiger partial charge in [-0.1, -0.05) is 23.7 Å². The van der Waals surface area contributed by atoms with Crippen LogP contribution in [0.4, 0.5) is 18.0 Å². The van der Waals surface area contributed by atoms with Crippen LogP contribution in [-0.2, 0) is 22.2 Å². The van der Waals surface area contributed by atoms with Crippen LogP contribution >= 0.6 is 11.6 Å². The molecule has 262 valence electrons.